The highest BCUT2D eigenvalue weighted by molar-refractivity contribution is 9.10. The summed E-state index contributed by atoms with van der Waals surface area (Å²) in [6.45, 7) is 1.63. The summed E-state index contributed by atoms with van der Waals surface area (Å²) in [5, 5.41) is 15.8. The second-order valence-electron chi connectivity index (χ2n) is 5.70. The standard InChI is InChI=1S/C17H11BrN4O5/c1-9-20-13-3-2-11(18)5-12(13)17(23)21(9)19-7-10-4-15-16(27-8-26-15)6-14(10)22(24)25/h2-7H,8H2,1H3. The number of aromatic nitrogens is 2. The first kappa shape index (κ1) is 17.2. The molecule has 0 radical (unpaired) electrons. The van der Waals surface area contributed by atoms with Gasteiger partial charge in [0.15, 0.2) is 11.5 Å². The Morgan fingerprint density at radius 2 is 2.04 bits per heavy atom. The summed E-state index contributed by atoms with van der Waals surface area (Å²) in [4.78, 5) is 27.9. The maximum absolute atomic E-state index is 12.7. The fraction of sp³-hybridized carbons (Fsp3) is 0.118. The quantitative estimate of drug-likeness (QED) is 0.358. The monoisotopic (exact) mass is 430 g/mol. The molecule has 0 N–H and O–H groups in total. The highest BCUT2D eigenvalue weighted by atomic mass is 79.9. The Hall–Kier alpha value is -3.27. The summed E-state index contributed by atoms with van der Waals surface area (Å²) in [6, 6.07) is 7.89. The van der Waals surface area contributed by atoms with Gasteiger partial charge in [-0.15, -0.1) is 0 Å². The Morgan fingerprint density at radius 3 is 2.78 bits per heavy atom. The maximum Gasteiger partial charge on any atom is 0.282 e. The van der Waals surface area contributed by atoms with E-state index in [4.69, 9.17) is 9.47 Å². The van der Waals surface area contributed by atoms with Crippen molar-refractivity contribution < 1.29 is 14.4 Å². The minimum Gasteiger partial charge on any atom is -0.454 e. The van der Waals surface area contributed by atoms with E-state index in [-0.39, 0.29) is 23.6 Å². The van der Waals surface area contributed by atoms with Gasteiger partial charge in [-0.25, -0.2) is 4.98 Å². The molecule has 0 atom stereocenters. The van der Waals surface area contributed by atoms with E-state index < -0.39 is 4.92 Å². The van der Waals surface area contributed by atoms with Gasteiger partial charge in [-0.3, -0.25) is 14.9 Å². The summed E-state index contributed by atoms with van der Waals surface area (Å²) < 4.78 is 12.3. The van der Waals surface area contributed by atoms with Crippen LogP contribution in [0.25, 0.3) is 10.9 Å². The van der Waals surface area contributed by atoms with Crippen molar-refractivity contribution in [1.29, 1.82) is 0 Å². The first-order chi connectivity index (χ1) is 12.9. The van der Waals surface area contributed by atoms with Gasteiger partial charge in [-0.05, 0) is 31.2 Å². The van der Waals surface area contributed by atoms with E-state index in [1.54, 1.807) is 25.1 Å². The first-order valence-corrected chi connectivity index (χ1v) is 8.54. The van der Waals surface area contributed by atoms with Gasteiger partial charge >= 0.3 is 0 Å². The number of aryl methyl sites for hydroxylation is 1. The zero-order chi connectivity index (χ0) is 19.1. The van der Waals surface area contributed by atoms with Crippen molar-refractivity contribution in [3.05, 3.63) is 66.7 Å². The van der Waals surface area contributed by atoms with E-state index >= 15 is 0 Å². The molecule has 0 fully saturated rings. The van der Waals surface area contributed by atoms with Crippen LogP contribution in [0.4, 0.5) is 5.69 Å². The van der Waals surface area contributed by atoms with Crippen LogP contribution in [0.3, 0.4) is 0 Å². The SMILES string of the molecule is Cc1nc2ccc(Br)cc2c(=O)n1N=Cc1cc2c(cc1[N+](=O)[O-])OCO2. The number of ether oxygens (including phenoxy) is 2. The van der Waals surface area contributed by atoms with Gasteiger partial charge in [0.05, 0.1) is 33.7 Å². The summed E-state index contributed by atoms with van der Waals surface area (Å²) in [5.74, 6) is 1.03. The van der Waals surface area contributed by atoms with Crippen LogP contribution in [0, 0.1) is 17.0 Å². The first-order valence-electron chi connectivity index (χ1n) is 7.75. The van der Waals surface area contributed by atoms with Gasteiger partial charge < -0.3 is 9.47 Å². The number of hydrogen-bond donors (Lipinski definition) is 0. The maximum atomic E-state index is 12.7. The van der Waals surface area contributed by atoms with Crippen LogP contribution in [0.15, 0.2) is 44.7 Å². The van der Waals surface area contributed by atoms with Crippen LogP contribution >= 0.6 is 15.9 Å². The molecule has 0 saturated carbocycles. The van der Waals surface area contributed by atoms with Crippen LogP contribution in [-0.4, -0.2) is 27.6 Å². The zero-order valence-corrected chi connectivity index (χ0v) is 15.5. The lowest BCUT2D eigenvalue weighted by Gasteiger charge is -2.06. The largest absolute Gasteiger partial charge is 0.454 e. The Kier molecular flexibility index (Phi) is 4.11. The molecule has 1 aliphatic heterocycles. The fourth-order valence-corrected chi connectivity index (χ4v) is 3.09. The molecule has 2 aromatic carbocycles. The normalized spacial score (nSPS) is 12.8. The second-order valence-corrected chi connectivity index (χ2v) is 6.62. The third-order valence-electron chi connectivity index (χ3n) is 4.00. The minimum atomic E-state index is -0.547. The van der Waals surface area contributed by atoms with Crippen LogP contribution in [-0.2, 0) is 0 Å². The molecule has 27 heavy (non-hydrogen) atoms. The second kappa shape index (κ2) is 6.47. The number of hydrogen-bond acceptors (Lipinski definition) is 7. The third-order valence-corrected chi connectivity index (χ3v) is 4.49. The lowest BCUT2D eigenvalue weighted by atomic mass is 10.1. The molecule has 1 aliphatic rings. The van der Waals surface area contributed by atoms with E-state index in [9.17, 15) is 14.9 Å². The average molecular weight is 431 g/mol. The van der Waals surface area contributed by atoms with E-state index in [0.717, 1.165) is 9.15 Å². The molecule has 0 unspecified atom stereocenters. The van der Waals surface area contributed by atoms with Crippen molar-refractivity contribution in [2.45, 2.75) is 6.92 Å². The van der Waals surface area contributed by atoms with Crippen molar-refractivity contribution in [3.63, 3.8) is 0 Å². The third kappa shape index (κ3) is 3.04. The number of fused-ring (bicyclic) bond motifs is 2. The van der Waals surface area contributed by atoms with Crippen LogP contribution < -0.4 is 15.0 Å². The van der Waals surface area contributed by atoms with E-state index in [2.05, 4.69) is 26.0 Å². The van der Waals surface area contributed by atoms with Gasteiger partial charge in [-0.1, -0.05) is 15.9 Å². The molecule has 9 nitrogen and oxygen atoms in total. The van der Waals surface area contributed by atoms with E-state index in [1.807, 2.05) is 0 Å². The highest BCUT2D eigenvalue weighted by Crippen LogP contribution is 2.37. The predicted octanol–water partition coefficient (Wildman–Crippen LogP) is 2.99. The highest BCUT2D eigenvalue weighted by Gasteiger charge is 2.22. The Labute approximate surface area is 160 Å². The van der Waals surface area contributed by atoms with Crippen LogP contribution in [0.5, 0.6) is 11.5 Å². The molecule has 10 heteroatoms. The van der Waals surface area contributed by atoms with E-state index in [0.29, 0.717) is 28.2 Å². The number of nitro groups is 1. The van der Waals surface area contributed by atoms with Crippen LogP contribution in [0.2, 0.25) is 0 Å². The fourth-order valence-electron chi connectivity index (χ4n) is 2.72. The number of rotatable bonds is 3. The molecule has 0 aliphatic carbocycles. The number of nitrogens with zero attached hydrogens (tertiary/aromatic N) is 4. The number of nitro benzene ring substituents is 1. The van der Waals surface area contributed by atoms with Crippen molar-refractivity contribution in [3.8, 4) is 11.5 Å². The van der Waals surface area contributed by atoms with E-state index in [1.165, 1.54) is 18.3 Å². The molecule has 0 amide bonds. The molecule has 2 heterocycles. The predicted molar refractivity (Wildman–Crippen MR) is 101 cm³/mol. The molecular weight excluding hydrogens is 420 g/mol. The van der Waals surface area contributed by atoms with Gasteiger partial charge in [0, 0.05) is 4.47 Å². The molecule has 1 aromatic heterocycles. The molecule has 4 rings (SSSR count). The summed E-state index contributed by atoms with van der Waals surface area (Å²) in [5.41, 5.74) is 0.148. The number of benzene rings is 2. The molecule has 0 saturated heterocycles. The molecule has 0 bridgehead atoms. The number of halogens is 1. The van der Waals surface area contributed by atoms with Gasteiger partial charge in [-0.2, -0.15) is 9.78 Å². The van der Waals surface area contributed by atoms with Gasteiger partial charge in [0.25, 0.3) is 11.2 Å². The molecular formula is C17H11BrN4O5. The molecule has 136 valence electrons. The molecule has 3 aromatic rings. The Balaban J connectivity index is 1.84. The van der Waals surface area contributed by atoms with Crippen LogP contribution in [0.1, 0.15) is 11.4 Å². The van der Waals surface area contributed by atoms with Crippen molar-refractivity contribution >= 4 is 38.7 Å². The lowest BCUT2D eigenvalue weighted by Crippen LogP contribution is -2.20. The Morgan fingerprint density at radius 1 is 1.30 bits per heavy atom. The summed E-state index contributed by atoms with van der Waals surface area (Å²) in [6.07, 6.45) is 1.24. The minimum absolute atomic E-state index is 0.00484. The summed E-state index contributed by atoms with van der Waals surface area (Å²) >= 11 is 3.32. The van der Waals surface area contributed by atoms with Gasteiger partial charge in [0.1, 0.15) is 5.82 Å². The lowest BCUT2D eigenvalue weighted by molar-refractivity contribution is -0.385. The van der Waals surface area contributed by atoms with Crippen molar-refractivity contribution in [2.24, 2.45) is 5.10 Å². The van der Waals surface area contributed by atoms with Crippen molar-refractivity contribution in [2.75, 3.05) is 6.79 Å². The van der Waals surface area contributed by atoms with Gasteiger partial charge in [0.2, 0.25) is 6.79 Å². The smallest absolute Gasteiger partial charge is 0.282 e. The average Bonchev–Trinajstić information content (AvgIpc) is 3.09. The molecule has 0 spiro atoms. The summed E-state index contributed by atoms with van der Waals surface area (Å²) in [7, 11) is 0. The zero-order valence-electron chi connectivity index (χ0n) is 13.9. The topological polar surface area (TPSA) is 109 Å². The Bertz CT molecular complexity index is 1190. The van der Waals surface area contributed by atoms with Crippen molar-refractivity contribution in [1.82, 2.24) is 9.66 Å².